The van der Waals surface area contributed by atoms with Gasteiger partial charge in [0, 0.05) is 19.1 Å². The van der Waals surface area contributed by atoms with Crippen molar-refractivity contribution in [3.63, 3.8) is 0 Å². The molecule has 0 bridgehead atoms. The second-order valence-corrected chi connectivity index (χ2v) is 5.21. The normalized spacial score (nSPS) is 25.5. The zero-order valence-corrected chi connectivity index (χ0v) is 11.1. The summed E-state index contributed by atoms with van der Waals surface area (Å²) in [5.41, 5.74) is 5.93. The van der Waals surface area contributed by atoms with Crippen LogP contribution in [-0.2, 0) is 13.6 Å². The van der Waals surface area contributed by atoms with E-state index in [0.717, 1.165) is 31.0 Å². The van der Waals surface area contributed by atoms with Crippen LogP contribution in [0.25, 0.3) is 0 Å². The number of nitrogens with zero attached hydrogens (tertiary/aromatic N) is 4. The van der Waals surface area contributed by atoms with Crippen molar-refractivity contribution in [2.24, 2.45) is 12.8 Å². The maximum absolute atomic E-state index is 5.93. The molecule has 0 spiro atoms. The van der Waals surface area contributed by atoms with E-state index >= 15 is 0 Å². The van der Waals surface area contributed by atoms with Crippen molar-refractivity contribution in [2.45, 2.75) is 51.2 Å². The zero-order chi connectivity index (χ0) is 12.4. The third kappa shape index (κ3) is 2.84. The fraction of sp³-hybridized carbons (Fsp3) is 0.833. The van der Waals surface area contributed by atoms with Gasteiger partial charge in [-0.1, -0.05) is 0 Å². The van der Waals surface area contributed by atoms with E-state index in [0.29, 0.717) is 12.1 Å². The second-order valence-electron chi connectivity index (χ2n) is 5.21. The summed E-state index contributed by atoms with van der Waals surface area (Å²) in [6, 6.07) is 1.06. The van der Waals surface area contributed by atoms with Crippen LogP contribution in [0.5, 0.6) is 0 Å². The molecule has 1 saturated carbocycles. The van der Waals surface area contributed by atoms with E-state index in [1.165, 1.54) is 12.8 Å². The monoisotopic (exact) mass is 237 g/mol. The van der Waals surface area contributed by atoms with Crippen molar-refractivity contribution >= 4 is 0 Å². The van der Waals surface area contributed by atoms with Gasteiger partial charge in [-0.3, -0.25) is 4.90 Å². The highest BCUT2D eigenvalue weighted by molar-refractivity contribution is 4.93. The maximum Gasteiger partial charge on any atom is 0.146 e. The van der Waals surface area contributed by atoms with Crippen LogP contribution in [-0.4, -0.2) is 38.8 Å². The molecule has 96 valence electrons. The molecule has 1 aromatic rings. The van der Waals surface area contributed by atoms with Gasteiger partial charge in [0.05, 0.1) is 6.54 Å². The van der Waals surface area contributed by atoms with Crippen molar-refractivity contribution in [3.8, 4) is 0 Å². The molecule has 1 heterocycles. The first-order chi connectivity index (χ1) is 8.08. The van der Waals surface area contributed by atoms with Crippen LogP contribution in [0.15, 0.2) is 0 Å². The molecule has 0 atom stereocenters. The SMILES string of the molecule is Cc1nnc(CN(C)C2CCC(N)CC2)n1C. The topological polar surface area (TPSA) is 60.0 Å². The van der Waals surface area contributed by atoms with Crippen molar-refractivity contribution in [1.29, 1.82) is 0 Å². The summed E-state index contributed by atoms with van der Waals surface area (Å²) < 4.78 is 2.06. The lowest BCUT2D eigenvalue weighted by atomic mass is 9.91. The molecule has 0 aromatic carbocycles. The van der Waals surface area contributed by atoms with Gasteiger partial charge in [0.15, 0.2) is 0 Å². The van der Waals surface area contributed by atoms with Crippen LogP contribution in [0.2, 0.25) is 0 Å². The standard InChI is InChI=1S/C12H23N5/c1-9-14-15-12(17(9)3)8-16(2)11-6-4-10(13)5-7-11/h10-11H,4-8,13H2,1-3H3. The van der Waals surface area contributed by atoms with Crippen molar-refractivity contribution in [1.82, 2.24) is 19.7 Å². The molecule has 17 heavy (non-hydrogen) atoms. The van der Waals surface area contributed by atoms with Gasteiger partial charge in [-0.15, -0.1) is 10.2 Å². The lowest BCUT2D eigenvalue weighted by Crippen LogP contribution is -2.38. The van der Waals surface area contributed by atoms with Crippen molar-refractivity contribution in [3.05, 3.63) is 11.6 Å². The molecule has 5 nitrogen and oxygen atoms in total. The highest BCUT2D eigenvalue weighted by atomic mass is 15.3. The van der Waals surface area contributed by atoms with Crippen LogP contribution in [0.4, 0.5) is 0 Å². The molecule has 5 heteroatoms. The summed E-state index contributed by atoms with van der Waals surface area (Å²) >= 11 is 0. The highest BCUT2D eigenvalue weighted by Gasteiger charge is 2.22. The van der Waals surface area contributed by atoms with E-state index in [2.05, 4.69) is 26.7 Å². The predicted octanol–water partition coefficient (Wildman–Crippen LogP) is 0.825. The molecule has 2 rings (SSSR count). The number of nitrogens with two attached hydrogens (primary N) is 1. The maximum atomic E-state index is 5.93. The predicted molar refractivity (Wildman–Crippen MR) is 67.4 cm³/mol. The van der Waals surface area contributed by atoms with Gasteiger partial charge in [0.25, 0.3) is 0 Å². The van der Waals surface area contributed by atoms with E-state index in [-0.39, 0.29) is 0 Å². The first-order valence-electron chi connectivity index (χ1n) is 6.38. The van der Waals surface area contributed by atoms with Crippen molar-refractivity contribution < 1.29 is 0 Å². The van der Waals surface area contributed by atoms with E-state index in [4.69, 9.17) is 5.73 Å². The van der Waals surface area contributed by atoms with Gasteiger partial charge >= 0.3 is 0 Å². The van der Waals surface area contributed by atoms with E-state index in [1.807, 2.05) is 14.0 Å². The average molecular weight is 237 g/mol. The molecule has 1 aromatic heterocycles. The number of hydrogen-bond acceptors (Lipinski definition) is 4. The Balaban J connectivity index is 1.93. The fourth-order valence-electron chi connectivity index (χ4n) is 2.48. The zero-order valence-electron chi connectivity index (χ0n) is 11.1. The average Bonchev–Trinajstić information content (AvgIpc) is 2.62. The lowest BCUT2D eigenvalue weighted by molar-refractivity contribution is 0.171. The summed E-state index contributed by atoms with van der Waals surface area (Å²) in [5, 5.41) is 8.30. The Bertz CT molecular complexity index is 365. The summed E-state index contributed by atoms with van der Waals surface area (Å²) in [6.45, 7) is 2.85. The Morgan fingerprint density at radius 3 is 2.47 bits per heavy atom. The molecule has 0 aliphatic heterocycles. The van der Waals surface area contributed by atoms with Gasteiger partial charge in [-0.05, 0) is 39.7 Å². The Morgan fingerprint density at radius 1 is 1.29 bits per heavy atom. The van der Waals surface area contributed by atoms with Crippen LogP contribution in [0, 0.1) is 6.92 Å². The van der Waals surface area contributed by atoms with Gasteiger partial charge in [0.1, 0.15) is 11.6 Å². The van der Waals surface area contributed by atoms with Gasteiger partial charge in [0.2, 0.25) is 0 Å². The summed E-state index contributed by atoms with van der Waals surface area (Å²) in [7, 11) is 4.20. The Hall–Kier alpha value is -0.940. The minimum Gasteiger partial charge on any atom is -0.328 e. The fourth-order valence-corrected chi connectivity index (χ4v) is 2.48. The number of aryl methyl sites for hydroxylation is 1. The summed E-state index contributed by atoms with van der Waals surface area (Å²) in [4.78, 5) is 2.38. The Kier molecular flexibility index (Phi) is 3.79. The minimum atomic E-state index is 0.414. The smallest absolute Gasteiger partial charge is 0.146 e. The van der Waals surface area contributed by atoms with E-state index in [9.17, 15) is 0 Å². The quantitative estimate of drug-likeness (QED) is 0.845. The molecule has 1 aliphatic carbocycles. The molecule has 0 unspecified atom stereocenters. The van der Waals surface area contributed by atoms with Crippen LogP contribution in [0.1, 0.15) is 37.3 Å². The van der Waals surface area contributed by atoms with Crippen LogP contribution in [0.3, 0.4) is 0 Å². The molecular formula is C12H23N5. The second kappa shape index (κ2) is 5.14. The molecule has 1 aliphatic rings. The van der Waals surface area contributed by atoms with Gasteiger partial charge in [-0.2, -0.15) is 0 Å². The third-order valence-corrected chi connectivity index (χ3v) is 3.94. The molecule has 2 N–H and O–H groups in total. The first kappa shape index (κ1) is 12.5. The number of aromatic nitrogens is 3. The molecule has 0 amide bonds. The Labute approximate surface area is 103 Å². The van der Waals surface area contributed by atoms with Crippen LogP contribution < -0.4 is 5.73 Å². The number of hydrogen-bond donors (Lipinski definition) is 1. The van der Waals surface area contributed by atoms with E-state index in [1.54, 1.807) is 0 Å². The summed E-state index contributed by atoms with van der Waals surface area (Å²) in [5.74, 6) is 2.01. The highest BCUT2D eigenvalue weighted by Crippen LogP contribution is 2.22. The first-order valence-corrected chi connectivity index (χ1v) is 6.38. The molecule has 0 saturated heterocycles. The molecular weight excluding hydrogens is 214 g/mol. The molecule has 1 fully saturated rings. The lowest BCUT2D eigenvalue weighted by Gasteiger charge is -2.33. The minimum absolute atomic E-state index is 0.414. The van der Waals surface area contributed by atoms with Gasteiger partial charge in [-0.25, -0.2) is 0 Å². The van der Waals surface area contributed by atoms with E-state index < -0.39 is 0 Å². The van der Waals surface area contributed by atoms with Crippen LogP contribution >= 0.6 is 0 Å². The largest absolute Gasteiger partial charge is 0.328 e. The summed E-state index contributed by atoms with van der Waals surface area (Å²) in [6.07, 6.45) is 4.70. The Morgan fingerprint density at radius 2 is 1.94 bits per heavy atom. The van der Waals surface area contributed by atoms with Gasteiger partial charge < -0.3 is 10.3 Å². The van der Waals surface area contributed by atoms with Crippen molar-refractivity contribution in [2.75, 3.05) is 7.05 Å². The molecule has 0 radical (unpaired) electrons. The number of rotatable bonds is 3. The third-order valence-electron chi connectivity index (χ3n) is 3.94.